The molecule has 3 N–H and O–H groups in total. The van der Waals surface area contributed by atoms with Crippen molar-refractivity contribution in [3.63, 3.8) is 0 Å². The highest BCUT2D eigenvalue weighted by atomic mass is 31.2. The van der Waals surface area contributed by atoms with Crippen molar-refractivity contribution in [1.82, 2.24) is 0 Å². The molecule has 0 radical (unpaired) electrons. The molecule has 0 rings (SSSR count). The van der Waals surface area contributed by atoms with Crippen molar-refractivity contribution in [2.24, 2.45) is 5.73 Å². The normalized spacial score (nSPS) is 13.8. The maximum atomic E-state index is 12.7. The molecule has 0 aliphatic rings. The number of hydrogen-bond donors (Lipinski definition) is 2. The molecule has 0 bridgehead atoms. The van der Waals surface area contributed by atoms with Gasteiger partial charge in [-0.15, -0.1) is 0 Å². The van der Waals surface area contributed by atoms with Gasteiger partial charge in [0.1, 0.15) is 6.61 Å². The first kappa shape index (κ1) is 64.2. The average molecular weight is 958 g/mol. The van der Waals surface area contributed by atoms with Gasteiger partial charge in [-0.2, -0.15) is 0 Å². The van der Waals surface area contributed by atoms with Crippen molar-refractivity contribution in [3.05, 3.63) is 85.1 Å². The predicted octanol–water partition coefficient (Wildman–Crippen LogP) is 16.7. The van der Waals surface area contributed by atoms with E-state index in [1.165, 1.54) is 116 Å². The Labute approximate surface area is 411 Å². The predicted molar refractivity (Wildman–Crippen MR) is 284 cm³/mol. The van der Waals surface area contributed by atoms with E-state index in [1.54, 1.807) is 0 Å². The van der Waals surface area contributed by atoms with Gasteiger partial charge in [-0.05, 0) is 70.6 Å². The molecule has 0 fully saturated rings. The van der Waals surface area contributed by atoms with Crippen molar-refractivity contribution in [3.8, 4) is 0 Å². The first-order valence-corrected chi connectivity index (χ1v) is 28.6. The Morgan fingerprint density at radius 3 is 1.22 bits per heavy atom. The van der Waals surface area contributed by atoms with Crippen LogP contribution >= 0.6 is 7.82 Å². The summed E-state index contributed by atoms with van der Waals surface area (Å²) in [6.07, 6.45) is 67.7. The fraction of sp³-hybridized carbons (Fsp3) is 0.719. The Kier molecular flexibility index (Phi) is 50.4. The molecule has 0 spiro atoms. The summed E-state index contributed by atoms with van der Waals surface area (Å²) in [5, 5.41) is 0. The topological polar surface area (TPSA) is 134 Å². The van der Waals surface area contributed by atoms with Crippen LogP contribution in [0.2, 0.25) is 0 Å². The highest BCUT2D eigenvalue weighted by molar-refractivity contribution is 7.47. The van der Waals surface area contributed by atoms with Crippen molar-refractivity contribution in [2.45, 2.75) is 238 Å². The number of esters is 2. The van der Waals surface area contributed by atoms with Crippen LogP contribution in [0.25, 0.3) is 0 Å². The van der Waals surface area contributed by atoms with Crippen LogP contribution in [0, 0.1) is 0 Å². The quantitative estimate of drug-likeness (QED) is 0.0264. The Morgan fingerprint density at radius 2 is 0.821 bits per heavy atom. The van der Waals surface area contributed by atoms with Crippen molar-refractivity contribution >= 4 is 19.8 Å². The van der Waals surface area contributed by atoms with Crippen LogP contribution in [0.4, 0.5) is 0 Å². The number of unbranched alkanes of at least 4 members (excludes halogenated alkanes) is 23. The monoisotopic (exact) mass is 958 g/mol. The summed E-state index contributed by atoms with van der Waals surface area (Å²) >= 11 is 0. The van der Waals surface area contributed by atoms with Crippen LogP contribution in [0.5, 0.6) is 0 Å². The molecule has 2 atom stereocenters. The van der Waals surface area contributed by atoms with Gasteiger partial charge in [0.2, 0.25) is 0 Å². The summed E-state index contributed by atoms with van der Waals surface area (Å²) in [6, 6.07) is 0. The molecule has 10 heteroatoms. The van der Waals surface area contributed by atoms with E-state index in [0.717, 1.165) is 83.5 Å². The van der Waals surface area contributed by atoms with Gasteiger partial charge in [0.05, 0.1) is 13.2 Å². The number of rotatable bonds is 50. The summed E-state index contributed by atoms with van der Waals surface area (Å²) < 4.78 is 32.9. The molecule has 0 aromatic heterocycles. The molecule has 0 aliphatic carbocycles. The van der Waals surface area contributed by atoms with E-state index >= 15 is 0 Å². The summed E-state index contributed by atoms with van der Waals surface area (Å²) in [5.74, 6) is -0.864. The zero-order chi connectivity index (χ0) is 48.8. The molecular weight excluding hydrogens is 858 g/mol. The van der Waals surface area contributed by atoms with E-state index in [4.69, 9.17) is 24.3 Å². The number of allylic oxidation sites excluding steroid dienone is 14. The molecule has 386 valence electrons. The first-order valence-electron chi connectivity index (χ1n) is 27.1. The maximum Gasteiger partial charge on any atom is 0.472 e. The van der Waals surface area contributed by atoms with Gasteiger partial charge < -0.3 is 20.1 Å². The second kappa shape index (κ2) is 52.6. The third kappa shape index (κ3) is 52.4. The minimum atomic E-state index is -4.40. The number of ether oxygens (including phenoxy) is 2. The standard InChI is InChI=1S/C57H100NO8P/c1-3-5-7-9-11-13-15-17-19-21-23-25-26-27-28-30-32-34-36-38-40-42-44-46-48-50-57(60)66-55(54-65-67(61,62)64-52-51-58)53-63-56(59)49-47-45-43-41-39-37-35-33-31-29-24-22-20-18-16-14-12-10-8-6-4-2/h5,7,11,13,17,19,23,25,27-28,32,34,38,40,55H,3-4,6,8-10,12,14-16,18,20-22,24,26,29-31,33,35-37,39,41-54,58H2,1-2H3,(H,61,62)/b7-5-,13-11-,19-17-,25-23-,28-27-,34-32-,40-38-. The molecular formula is C57H100NO8P. The lowest BCUT2D eigenvalue weighted by atomic mass is 10.0. The second-order valence-electron chi connectivity index (χ2n) is 17.7. The van der Waals surface area contributed by atoms with Crippen molar-refractivity contribution in [2.75, 3.05) is 26.4 Å². The lowest BCUT2D eigenvalue weighted by Gasteiger charge is -2.19. The summed E-state index contributed by atoms with van der Waals surface area (Å²) in [6.45, 7) is 3.60. The minimum absolute atomic E-state index is 0.0444. The van der Waals surface area contributed by atoms with Gasteiger partial charge >= 0.3 is 19.8 Å². The van der Waals surface area contributed by atoms with Gasteiger partial charge in [-0.25, -0.2) is 4.57 Å². The first-order chi connectivity index (χ1) is 32.8. The van der Waals surface area contributed by atoms with E-state index in [1.807, 2.05) is 0 Å². The second-order valence-corrected chi connectivity index (χ2v) is 19.2. The van der Waals surface area contributed by atoms with Crippen LogP contribution in [0.1, 0.15) is 232 Å². The minimum Gasteiger partial charge on any atom is -0.462 e. The zero-order valence-electron chi connectivity index (χ0n) is 42.9. The third-order valence-corrected chi connectivity index (χ3v) is 12.3. The fourth-order valence-corrected chi connectivity index (χ4v) is 8.09. The Morgan fingerprint density at radius 1 is 0.463 bits per heavy atom. The molecule has 0 aromatic carbocycles. The zero-order valence-corrected chi connectivity index (χ0v) is 43.8. The number of hydrogen-bond acceptors (Lipinski definition) is 8. The van der Waals surface area contributed by atoms with Gasteiger partial charge in [-0.3, -0.25) is 18.6 Å². The SMILES string of the molecule is CC/C=C\C/C=C\C/C=C\C/C=C\C/C=C\C/C=C\C/C=C\CCCCCC(=O)OC(COC(=O)CCCCCCCCCCCCCCCCCCCCCCC)COP(=O)(O)OCCN. The lowest BCUT2D eigenvalue weighted by molar-refractivity contribution is -0.161. The Balaban J connectivity index is 4.11. The molecule has 0 saturated carbocycles. The largest absolute Gasteiger partial charge is 0.472 e. The Bertz CT molecular complexity index is 1370. The van der Waals surface area contributed by atoms with Gasteiger partial charge in [0, 0.05) is 19.4 Å². The van der Waals surface area contributed by atoms with E-state index in [2.05, 4.69) is 98.9 Å². The van der Waals surface area contributed by atoms with Gasteiger partial charge in [-0.1, -0.05) is 234 Å². The number of nitrogens with two attached hydrogens (primary N) is 1. The molecule has 67 heavy (non-hydrogen) atoms. The van der Waals surface area contributed by atoms with Gasteiger partial charge in [0.15, 0.2) is 6.10 Å². The fourth-order valence-electron chi connectivity index (χ4n) is 7.32. The molecule has 0 saturated heterocycles. The van der Waals surface area contributed by atoms with Crippen LogP contribution in [-0.2, 0) is 32.7 Å². The van der Waals surface area contributed by atoms with Crippen LogP contribution in [0.15, 0.2) is 85.1 Å². The highest BCUT2D eigenvalue weighted by Gasteiger charge is 2.26. The van der Waals surface area contributed by atoms with Crippen LogP contribution < -0.4 is 5.73 Å². The van der Waals surface area contributed by atoms with Crippen molar-refractivity contribution < 1.29 is 37.6 Å². The summed E-state index contributed by atoms with van der Waals surface area (Å²) in [5.41, 5.74) is 5.37. The average Bonchev–Trinajstić information content (AvgIpc) is 3.32. The highest BCUT2D eigenvalue weighted by Crippen LogP contribution is 2.43. The van der Waals surface area contributed by atoms with Crippen LogP contribution in [-0.4, -0.2) is 49.3 Å². The van der Waals surface area contributed by atoms with Crippen LogP contribution in [0.3, 0.4) is 0 Å². The molecule has 9 nitrogen and oxygen atoms in total. The maximum absolute atomic E-state index is 12.7. The van der Waals surface area contributed by atoms with Crippen molar-refractivity contribution in [1.29, 1.82) is 0 Å². The van der Waals surface area contributed by atoms with E-state index in [-0.39, 0.29) is 38.6 Å². The smallest absolute Gasteiger partial charge is 0.462 e. The summed E-state index contributed by atoms with van der Waals surface area (Å²) in [4.78, 5) is 35.1. The molecule has 2 unspecified atom stereocenters. The lowest BCUT2D eigenvalue weighted by Crippen LogP contribution is -2.29. The number of carbonyl (C=O) groups excluding carboxylic acids is 2. The van der Waals surface area contributed by atoms with E-state index in [0.29, 0.717) is 6.42 Å². The van der Waals surface area contributed by atoms with Gasteiger partial charge in [0.25, 0.3) is 0 Å². The van der Waals surface area contributed by atoms with E-state index in [9.17, 15) is 19.0 Å². The molecule has 0 amide bonds. The number of carbonyl (C=O) groups is 2. The number of phosphoric ester groups is 1. The Hall–Kier alpha value is -2.81. The molecule has 0 heterocycles. The van der Waals surface area contributed by atoms with E-state index < -0.39 is 26.5 Å². The summed E-state index contributed by atoms with van der Waals surface area (Å²) in [7, 11) is -4.40. The molecule has 0 aromatic rings. The number of phosphoric acid groups is 1. The third-order valence-electron chi connectivity index (χ3n) is 11.3. The molecule has 0 aliphatic heterocycles.